The van der Waals surface area contributed by atoms with Crippen molar-refractivity contribution in [1.82, 2.24) is 9.62 Å². The van der Waals surface area contributed by atoms with Crippen LogP contribution in [0.2, 0.25) is 0 Å². The second-order valence-electron chi connectivity index (χ2n) is 7.12. The van der Waals surface area contributed by atoms with E-state index in [1.165, 1.54) is 4.31 Å². The lowest BCUT2D eigenvalue weighted by Crippen LogP contribution is -2.44. The second-order valence-corrected chi connectivity index (χ2v) is 10.3. The molecule has 1 N–H and O–H groups in total. The molecule has 0 aromatic heterocycles. The number of carbonyl (C=O) groups excluding carboxylic acids is 1. The number of morpholine rings is 1. The average molecular weight is 448 g/mol. The van der Waals surface area contributed by atoms with Gasteiger partial charge in [-0.05, 0) is 24.3 Å². The maximum atomic E-state index is 12.4. The SMILES string of the molecule is O=C(CCN1c2ccccc2Sc2ccccc21)NCCS(=O)(=O)N1CCOCC1. The maximum Gasteiger partial charge on any atom is 0.221 e. The summed E-state index contributed by atoms with van der Waals surface area (Å²) in [5, 5.41) is 2.76. The highest BCUT2D eigenvalue weighted by Gasteiger charge is 2.25. The molecule has 2 aromatic carbocycles. The fourth-order valence-corrected chi connectivity index (χ4v) is 6.02. The molecule has 0 radical (unpaired) electrons. The molecule has 30 heavy (non-hydrogen) atoms. The lowest BCUT2D eigenvalue weighted by molar-refractivity contribution is -0.120. The first kappa shape index (κ1) is 21.2. The molecule has 9 heteroatoms. The first-order chi connectivity index (χ1) is 14.5. The van der Waals surface area contributed by atoms with Crippen LogP contribution in [0.4, 0.5) is 11.4 Å². The van der Waals surface area contributed by atoms with Crippen LogP contribution >= 0.6 is 11.8 Å². The lowest BCUT2D eigenvalue weighted by atomic mass is 10.2. The first-order valence-corrected chi connectivity index (χ1v) is 12.4. The van der Waals surface area contributed by atoms with Gasteiger partial charge in [0.15, 0.2) is 0 Å². The second kappa shape index (κ2) is 9.38. The summed E-state index contributed by atoms with van der Waals surface area (Å²) >= 11 is 1.73. The number of fused-ring (bicyclic) bond motifs is 2. The molecule has 2 aromatic rings. The van der Waals surface area contributed by atoms with Crippen molar-refractivity contribution in [1.29, 1.82) is 0 Å². The van der Waals surface area contributed by atoms with Gasteiger partial charge in [0.25, 0.3) is 0 Å². The zero-order valence-corrected chi connectivity index (χ0v) is 18.3. The molecule has 0 spiro atoms. The molecule has 1 saturated heterocycles. The minimum Gasteiger partial charge on any atom is -0.379 e. The predicted molar refractivity (Wildman–Crippen MR) is 118 cm³/mol. The van der Waals surface area contributed by atoms with Crippen molar-refractivity contribution in [3.8, 4) is 0 Å². The van der Waals surface area contributed by atoms with E-state index in [4.69, 9.17) is 4.74 Å². The van der Waals surface area contributed by atoms with Crippen LogP contribution < -0.4 is 10.2 Å². The Morgan fingerprint density at radius 1 is 1.00 bits per heavy atom. The molecule has 1 amide bonds. The minimum atomic E-state index is -3.37. The number of nitrogens with one attached hydrogen (secondary N) is 1. The van der Waals surface area contributed by atoms with E-state index in [2.05, 4.69) is 34.5 Å². The van der Waals surface area contributed by atoms with E-state index in [1.807, 2.05) is 24.3 Å². The van der Waals surface area contributed by atoms with Gasteiger partial charge in [-0.2, -0.15) is 4.31 Å². The number of para-hydroxylation sites is 2. The quantitative estimate of drug-likeness (QED) is 0.703. The number of sulfonamides is 1. The molecule has 0 atom stereocenters. The highest BCUT2D eigenvalue weighted by Crippen LogP contribution is 2.47. The van der Waals surface area contributed by atoms with Crippen LogP contribution in [0.5, 0.6) is 0 Å². The third-order valence-electron chi connectivity index (χ3n) is 5.14. The predicted octanol–water partition coefficient (Wildman–Crippen LogP) is 2.46. The van der Waals surface area contributed by atoms with Crippen molar-refractivity contribution >= 4 is 39.1 Å². The first-order valence-electron chi connectivity index (χ1n) is 10.0. The Labute approximate surface area is 181 Å². The number of carbonyl (C=O) groups is 1. The molecule has 0 saturated carbocycles. The Balaban J connectivity index is 1.33. The minimum absolute atomic E-state index is 0.0925. The standard InChI is InChI=1S/C21H25N3O4S2/c25-21(22-10-16-30(26,27)23-12-14-28-15-13-23)9-11-24-17-5-1-3-7-19(17)29-20-8-4-2-6-18(20)24/h1-8H,9-16H2,(H,22,25). The van der Waals surface area contributed by atoms with Gasteiger partial charge < -0.3 is 15.0 Å². The van der Waals surface area contributed by atoms with Crippen molar-refractivity contribution in [2.45, 2.75) is 16.2 Å². The molecule has 2 aliphatic heterocycles. The smallest absolute Gasteiger partial charge is 0.221 e. The van der Waals surface area contributed by atoms with Gasteiger partial charge >= 0.3 is 0 Å². The van der Waals surface area contributed by atoms with Crippen molar-refractivity contribution < 1.29 is 17.9 Å². The Morgan fingerprint density at radius 2 is 1.60 bits per heavy atom. The van der Waals surface area contributed by atoms with Crippen LogP contribution in [0.15, 0.2) is 58.3 Å². The van der Waals surface area contributed by atoms with E-state index in [0.29, 0.717) is 32.8 Å². The molecule has 2 heterocycles. The van der Waals surface area contributed by atoms with Gasteiger partial charge in [-0.25, -0.2) is 8.42 Å². The van der Waals surface area contributed by atoms with Gasteiger partial charge in [-0.15, -0.1) is 0 Å². The van der Waals surface area contributed by atoms with Crippen LogP contribution in [-0.4, -0.2) is 63.8 Å². The summed E-state index contributed by atoms with van der Waals surface area (Å²) in [4.78, 5) is 16.9. The van der Waals surface area contributed by atoms with E-state index in [9.17, 15) is 13.2 Å². The van der Waals surface area contributed by atoms with E-state index in [1.54, 1.807) is 11.8 Å². The highest BCUT2D eigenvalue weighted by molar-refractivity contribution is 7.99. The van der Waals surface area contributed by atoms with Gasteiger partial charge in [0.1, 0.15) is 0 Å². The fraction of sp³-hybridized carbons (Fsp3) is 0.381. The summed E-state index contributed by atoms with van der Waals surface area (Å²) in [6.45, 7) is 2.23. The summed E-state index contributed by atoms with van der Waals surface area (Å²) in [7, 11) is -3.37. The number of hydrogen-bond donors (Lipinski definition) is 1. The van der Waals surface area contributed by atoms with Crippen LogP contribution in [0, 0.1) is 0 Å². The highest BCUT2D eigenvalue weighted by atomic mass is 32.2. The largest absolute Gasteiger partial charge is 0.379 e. The lowest BCUT2D eigenvalue weighted by Gasteiger charge is -2.32. The van der Waals surface area contributed by atoms with Gasteiger partial charge in [-0.1, -0.05) is 36.0 Å². The number of benzene rings is 2. The number of anilines is 2. The molecular formula is C21H25N3O4S2. The number of amides is 1. The van der Waals surface area contributed by atoms with Crippen LogP contribution in [0.25, 0.3) is 0 Å². The van der Waals surface area contributed by atoms with Crippen molar-refractivity contribution in [3.63, 3.8) is 0 Å². The topological polar surface area (TPSA) is 79.0 Å². The molecule has 0 bridgehead atoms. The third kappa shape index (κ3) is 4.80. The van der Waals surface area contributed by atoms with E-state index < -0.39 is 10.0 Å². The zero-order valence-electron chi connectivity index (χ0n) is 16.6. The Hall–Kier alpha value is -2.07. The molecule has 1 fully saturated rings. The molecular weight excluding hydrogens is 422 g/mol. The normalized spacial score (nSPS) is 16.6. The van der Waals surface area contributed by atoms with Gasteiger partial charge in [0, 0.05) is 42.4 Å². The molecule has 0 unspecified atom stereocenters. The van der Waals surface area contributed by atoms with Crippen LogP contribution in [-0.2, 0) is 19.6 Å². The Bertz CT molecular complexity index is 961. The van der Waals surface area contributed by atoms with Crippen molar-refractivity contribution in [2.24, 2.45) is 0 Å². The Morgan fingerprint density at radius 3 is 2.23 bits per heavy atom. The van der Waals surface area contributed by atoms with Gasteiger partial charge in [0.05, 0.1) is 30.3 Å². The monoisotopic (exact) mass is 447 g/mol. The van der Waals surface area contributed by atoms with Crippen molar-refractivity contribution in [3.05, 3.63) is 48.5 Å². The number of nitrogens with zero attached hydrogens (tertiary/aromatic N) is 2. The van der Waals surface area contributed by atoms with Crippen LogP contribution in [0.3, 0.4) is 0 Å². The van der Waals surface area contributed by atoms with Crippen molar-refractivity contribution in [2.75, 3.05) is 50.0 Å². The molecule has 2 aliphatic rings. The summed E-state index contributed by atoms with van der Waals surface area (Å²) < 4.78 is 31.3. The van der Waals surface area contributed by atoms with Crippen LogP contribution in [0.1, 0.15) is 6.42 Å². The Kier molecular flexibility index (Phi) is 6.62. The fourth-order valence-electron chi connectivity index (χ4n) is 3.60. The summed E-state index contributed by atoms with van der Waals surface area (Å²) in [5.74, 6) is -0.245. The summed E-state index contributed by atoms with van der Waals surface area (Å²) in [5.41, 5.74) is 2.17. The summed E-state index contributed by atoms with van der Waals surface area (Å²) in [6, 6.07) is 16.3. The number of rotatable bonds is 7. The number of hydrogen-bond acceptors (Lipinski definition) is 6. The van der Waals surface area contributed by atoms with Gasteiger partial charge in [0.2, 0.25) is 15.9 Å². The van der Waals surface area contributed by atoms with E-state index in [0.717, 1.165) is 21.2 Å². The maximum absolute atomic E-state index is 12.4. The molecule has 7 nitrogen and oxygen atoms in total. The number of ether oxygens (including phenoxy) is 1. The van der Waals surface area contributed by atoms with Gasteiger partial charge in [-0.3, -0.25) is 4.79 Å². The van der Waals surface area contributed by atoms with E-state index in [-0.39, 0.29) is 24.6 Å². The summed E-state index contributed by atoms with van der Waals surface area (Å²) in [6.07, 6.45) is 0.283. The molecule has 0 aliphatic carbocycles. The average Bonchev–Trinajstić information content (AvgIpc) is 2.77. The molecule has 4 rings (SSSR count). The van der Waals surface area contributed by atoms with E-state index >= 15 is 0 Å². The molecule has 160 valence electrons. The zero-order chi connectivity index (χ0) is 21.0. The third-order valence-corrected chi connectivity index (χ3v) is 8.14.